The van der Waals surface area contributed by atoms with Gasteiger partial charge in [0.05, 0.1) is 16.6 Å². The van der Waals surface area contributed by atoms with E-state index in [4.69, 9.17) is 5.73 Å². The van der Waals surface area contributed by atoms with Gasteiger partial charge in [0, 0.05) is 27.3 Å². The van der Waals surface area contributed by atoms with Gasteiger partial charge in [-0.15, -0.1) is 11.8 Å². The summed E-state index contributed by atoms with van der Waals surface area (Å²) in [5, 5.41) is 3.45. The van der Waals surface area contributed by atoms with Gasteiger partial charge >= 0.3 is 0 Å². The van der Waals surface area contributed by atoms with Gasteiger partial charge < -0.3 is 11.1 Å². The largest absolute Gasteiger partial charge is 0.399 e. The van der Waals surface area contributed by atoms with Crippen molar-refractivity contribution >= 4 is 34.6 Å². The third-order valence-corrected chi connectivity index (χ3v) is 6.20. The van der Waals surface area contributed by atoms with E-state index in [0.717, 1.165) is 44.2 Å². The van der Waals surface area contributed by atoms with E-state index in [9.17, 15) is 4.79 Å². The number of hydrogen-bond donors (Lipinski definition) is 2. The highest BCUT2D eigenvalue weighted by Gasteiger charge is 2.37. The Kier molecular flexibility index (Phi) is 3.40. The molecule has 3 N–H and O–H groups in total. The van der Waals surface area contributed by atoms with Crippen LogP contribution in [0, 0.1) is 0 Å². The third-order valence-electron chi connectivity index (χ3n) is 4.85. The Bertz CT molecular complexity index is 1070. The first-order valence-corrected chi connectivity index (χ1v) is 9.37. The zero-order valence-corrected chi connectivity index (χ0v) is 14.7. The number of rotatable bonds is 1. The summed E-state index contributed by atoms with van der Waals surface area (Å²) >= 11 is 1.71. The van der Waals surface area contributed by atoms with Crippen LogP contribution in [0.2, 0.25) is 0 Å². The first kappa shape index (κ1) is 15.3. The molecule has 0 radical (unpaired) electrons. The van der Waals surface area contributed by atoms with Crippen molar-refractivity contribution in [3.05, 3.63) is 95.1 Å². The SMILES string of the molecule is Nc1ccc(C2Sc3ccccc3NC3=C2C(=O)c2ccccc23)cc1. The highest BCUT2D eigenvalue weighted by atomic mass is 32.2. The van der Waals surface area contributed by atoms with E-state index >= 15 is 0 Å². The predicted octanol–water partition coefficient (Wildman–Crippen LogP) is 5.14. The molecule has 3 nitrogen and oxygen atoms in total. The second kappa shape index (κ2) is 5.78. The number of carbonyl (C=O) groups is 1. The lowest BCUT2D eigenvalue weighted by Gasteiger charge is -2.17. The molecule has 1 aliphatic carbocycles. The maximum absolute atomic E-state index is 13.2. The van der Waals surface area contributed by atoms with Gasteiger partial charge in [0.1, 0.15) is 0 Å². The minimum absolute atomic E-state index is 0.0818. The van der Waals surface area contributed by atoms with E-state index in [2.05, 4.69) is 17.4 Å². The molecule has 4 heteroatoms. The summed E-state index contributed by atoms with van der Waals surface area (Å²) in [5.41, 5.74) is 12.2. The van der Waals surface area contributed by atoms with Crippen molar-refractivity contribution in [2.75, 3.05) is 11.1 Å². The van der Waals surface area contributed by atoms with E-state index in [1.54, 1.807) is 11.8 Å². The molecule has 0 bridgehead atoms. The smallest absolute Gasteiger partial charge is 0.193 e. The van der Waals surface area contributed by atoms with E-state index in [0.29, 0.717) is 0 Å². The Balaban J connectivity index is 1.74. The Morgan fingerprint density at radius 1 is 0.846 bits per heavy atom. The molecule has 1 atom stereocenters. The summed E-state index contributed by atoms with van der Waals surface area (Å²) in [5.74, 6) is 0.102. The topological polar surface area (TPSA) is 55.1 Å². The lowest BCUT2D eigenvalue weighted by atomic mass is 10.0. The van der Waals surface area contributed by atoms with Crippen molar-refractivity contribution in [3.8, 4) is 0 Å². The molecule has 3 aromatic rings. The molecule has 3 aromatic carbocycles. The van der Waals surface area contributed by atoms with Crippen molar-refractivity contribution in [3.63, 3.8) is 0 Å². The standard InChI is InChI=1S/C22H16N2OS/c23-14-11-9-13(10-12-14)22-19-20(15-5-1-2-6-16(15)21(19)25)24-17-7-3-4-8-18(17)26-22/h1-12,22,24H,23H2. The normalized spacial score (nSPS) is 17.8. The van der Waals surface area contributed by atoms with Gasteiger partial charge in [-0.2, -0.15) is 0 Å². The Morgan fingerprint density at radius 2 is 1.54 bits per heavy atom. The number of hydrogen-bond acceptors (Lipinski definition) is 4. The number of benzene rings is 3. The average Bonchev–Trinajstić information content (AvgIpc) is 2.84. The molecule has 26 heavy (non-hydrogen) atoms. The second-order valence-corrected chi connectivity index (χ2v) is 7.60. The molecule has 0 spiro atoms. The van der Waals surface area contributed by atoms with Crippen LogP contribution in [0.5, 0.6) is 0 Å². The van der Waals surface area contributed by atoms with Crippen LogP contribution >= 0.6 is 11.8 Å². The fraction of sp³-hybridized carbons (Fsp3) is 0.0455. The number of carbonyl (C=O) groups excluding carboxylic acids is 1. The van der Waals surface area contributed by atoms with Crippen molar-refractivity contribution in [1.82, 2.24) is 0 Å². The third kappa shape index (κ3) is 2.26. The molecule has 5 rings (SSSR count). The van der Waals surface area contributed by atoms with Gasteiger partial charge in [0.15, 0.2) is 5.78 Å². The van der Waals surface area contributed by atoms with Crippen LogP contribution in [0.15, 0.2) is 83.3 Å². The zero-order valence-electron chi connectivity index (χ0n) is 13.9. The first-order chi connectivity index (χ1) is 12.7. The molecule has 1 unspecified atom stereocenters. The lowest BCUT2D eigenvalue weighted by molar-refractivity contribution is 0.103. The van der Waals surface area contributed by atoms with Crippen molar-refractivity contribution < 1.29 is 4.79 Å². The fourth-order valence-electron chi connectivity index (χ4n) is 3.59. The average molecular weight is 356 g/mol. The number of para-hydroxylation sites is 1. The van der Waals surface area contributed by atoms with Gasteiger partial charge in [-0.25, -0.2) is 0 Å². The minimum atomic E-state index is -0.0818. The van der Waals surface area contributed by atoms with E-state index in [-0.39, 0.29) is 11.0 Å². The van der Waals surface area contributed by atoms with E-state index in [1.165, 1.54) is 0 Å². The van der Waals surface area contributed by atoms with Crippen LogP contribution in [-0.4, -0.2) is 5.78 Å². The summed E-state index contributed by atoms with van der Waals surface area (Å²) in [6.07, 6.45) is 0. The summed E-state index contributed by atoms with van der Waals surface area (Å²) in [6, 6.07) is 23.8. The molecule has 0 saturated heterocycles. The van der Waals surface area contributed by atoms with Gasteiger partial charge in [-0.1, -0.05) is 48.5 Å². The molecule has 0 saturated carbocycles. The number of nitrogens with one attached hydrogen (secondary N) is 1. The van der Waals surface area contributed by atoms with Crippen molar-refractivity contribution in [2.45, 2.75) is 10.1 Å². The van der Waals surface area contributed by atoms with E-state index < -0.39 is 0 Å². The van der Waals surface area contributed by atoms with Gasteiger partial charge in [-0.05, 0) is 29.8 Å². The first-order valence-electron chi connectivity index (χ1n) is 8.49. The second-order valence-electron chi connectivity index (χ2n) is 6.45. The Morgan fingerprint density at radius 3 is 2.35 bits per heavy atom. The molecular formula is C22H16N2OS. The fourth-order valence-corrected chi connectivity index (χ4v) is 4.88. The molecule has 126 valence electrons. The van der Waals surface area contributed by atoms with Crippen LogP contribution in [0.1, 0.15) is 26.7 Å². The van der Waals surface area contributed by atoms with Crippen LogP contribution in [0.25, 0.3) is 5.70 Å². The predicted molar refractivity (Wildman–Crippen MR) is 107 cm³/mol. The molecule has 0 amide bonds. The molecule has 2 aliphatic rings. The lowest BCUT2D eigenvalue weighted by Crippen LogP contribution is -2.07. The van der Waals surface area contributed by atoms with Crippen LogP contribution < -0.4 is 11.1 Å². The highest BCUT2D eigenvalue weighted by Crippen LogP contribution is 2.52. The summed E-state index contributed by atoms with van der Waals surface area (Å²) < 4.78 is 0. The number of fused-ring (bicyclic) bond motifs is 3. The molecule has 0 aromatic heterocycles. The summed E-state index contributed by atoms with van der Waals surface area (Å²) in [6.45, 7) is 0. The van der Waals surface area contributed by atoms with Crippen LogP contribution in [0.4, 0.5) is 11.4 Å². The Labute approximate surface area is 155 Å². The highest BCUT2D eigenvalue weighted by molar-refractivity contribution is 8.00. The molecular weight excluding hydrogens is 340 g/mol. The number of nitrogen functional groups attached to an aromatic ring is 1. The molecule has 1 heterocycles. The van der Waals surface area contributed by atoms with Crippen LogP contribution in [-0.2, 0) is 0 Å². The van der Waals surface area contributed by atoms with Crippen molar-refractivity contribution in [2.24, 2.45) is 0 Å². The number of thioether (sulfide) groups is 1. The zero-order chi connectivity index (χ0) is 17.7. The number of nitrogens with two attached hydrogens (primary N) is 1. The van der Waals surface area contributed by atoms with Gasteiger partial charge in [0.2, 0.25) is 0 Å². The van der Waals surface area contributed by atoms with Crippen LogP contribution in [0.3, 0.4) is 0 Å². The van der Waals surface area contributed by atoms with Gasteiger partial charge in [-0.3, -0.25) is 4.79 Å². The maximum atomic E-state index is 13.2. The quantitative estimate of drug-likeness (QED) is 0.593. The van der Waals surface area contributed by atoms with Gasteiger partial charge in [0.25, 0.3) is 0 Å². The summed E-state index contributed by atoms with van der Waals surface area (Å²) in [4.78, 5) is 14.4. The Hall–Kier alpha value is -2.98. The summed E-state index contributed by atoms with van der Waals surface area (Å²) in [7, 11) is 0. The van der Waals surface area contributed by atoms with E-state index in [1.807, 2.05) is 60.7 Å². The number of ketones is 1. The maximum Gasteiger partial charge on any atom is 0.193 e. The van der Waals surface area contributed by atoms with Crippen molar-refractivity contribution in [1.29, 1.82) is 0 Å². The monoisotopic (exact) mass is 356 g/mol. The number of Topliss-reactive ketones (excluding diaryl/α,β-unsaturated/α-hetero) is 1. The number of anilines is 2. The molecule has 0 fully saturated rings. The molecule has 1 aliphatic heterocycles. The minimum Gasteiger partial charge on any atom is -0.399 e.